The van der Waals surface area contributed by atoms with Crippen LogP contribution in [0, 0.1) is 17.8 Å². The summed E-state index contributed by atoms with van der Waals surface area (Å²) in [4.78, 5) is 0. The fourth-order valence-electron chi connectivity index (χ4n) is 2.82. The molecule has 0 spiro atoms. The minimum absolute atomic E-state index is 0.911. The van der Waals surface area contributed by atoms with Crippen molar-refractivity contribution in [2.75, 3.05) is 13.6 Å². The van der Waals surface area contributed by atoms with Crippen LogP contribution in [-0.4, -0.2) is 13.6 Å². The first-order valence-electron chi connectivity index (χ1n) is 6.42. The van der Waals surface area contributed by atoms with Crippen LogP contribution in [0.1, 0.15) is 52.4 Å². The average Bonchev–Trinajstić information content (AvgIpc) is 2.69. The zero-order valence-corrected chi connectivity index (χ0v) is 10.2. The van der Waals surface area contributed by atoms with E-state index < -0.39 is 0 Å². The number of rotatable bonds is 6. The second kappa shape index (κ2) is 6.44. The minimum Gasteiger partial charge on any atom is -0.319 e. The van der Waals surface area contributed by atoms with E-state index in [1.807, 2.05) is 0 Å². The molecule has 0 aliphatic heterocycles. The molecule has 84 valence electrons. The molecule has 0 amide bonds. The highest BCUT2D eigenvalue weighted by Crippen LogP contribution is 2.34. The summed E-state index contributed by atoms with van der Waals surface area (Å²) in [6, 6.07) is 0. The Hall–Kier alpha value is -0.0400. The summed E-state index contributed by atoms with van der Waals surface area (Å²) in [5, 5.41) is 3.37. The molecule has 0 aromatic carbocycles. The molecule has 2 atom stereocenters. The van der Waals surface area contributed by atoms with Crippen molar-refractivity contribution in [1.29, 1.82) is 0 Å². The molecule has 1 heteroatoms. The van der Waals surface area contributed by atoms with Crippen molar-refractivity contribution in [3.05, 3.63) is 0 Å². The second-order valence-electron chi connectivity index (χ2n) is 5.11. The summed E-state index contributed by atoms with van der Waals surface area (Å²) in [6.45, 7) is 5.95. The van der Waals surface area contributed by atoms with E-state index in [9.17, 15) is 0 Å². The van der Waals surface area contributed by atoms with E-state index in [0.717, 1.165) is 17.8 Å². The van der Waals surface area contributed by atoms with E-state index in [1.54, 1.807) is 0 Å². The predicted octanol–water partition coefficient (Wildman–Crippen LogP) is 3.45. The molecule has 1 aliphatic carbocycles. The molecule has 1 rings (SSSR count). The quantitative estimate of drug-likeness (QED) is 0.687. The Morgan fingerprint density at radius 3 is 2.43 bits per heavy atom. The molecule has 1 fully saturated rings. The van der Waals surface area contributed by atoms with Crippen LogP contribution in [0.4, 0.5) is 0 Å². The third-order valence-electron chi connectivity index (χ3n) is 3.93. The Bertz CT molecular complexity index is 138. The van der Waals surface area contributed by atoms with Crippen LogP contribution in [0.3, 0.4) is 0 Å². The molecule has 1 N–H and O–H groups in total. The fourth-order valence-corrected chi connectivity index (χ4v) is 2.82. The van der Waals surface area contributed by atoms with Crippen LogP contribution in [0.15, 0.2) is 0 Å². The Labute approximate surface area is 89.7 Å². The summed E-state index contributed by atoms with van der Waals surface area (Å²) in [6.07, 6.45) is 8.71. The highest BCUT2D eigenvalue weighted by Gasteiger charge is 2.25. The lowest BCUT2D eigenvalue weighted by atomic mass is 9.83. The molecule has 0 heterocycles. The average molecular weight is 197 g/mol. The summed E-state index contributed by atoms with van der Waals surface area (Å²) in [5.74, 6) is 2.88. The van der Waals surface area contributed by atoms with Crippen LogP contribution in [-0.2, 0) is 0 Å². The first-order chi connectivity index (χ1) is 6.77. The molecular formula is C13H27N. The van der Waals surface area contributed by atoms with Gasteiger partial charge in [-0.1, -0.05) is 46.0 Å². The van der Waals surface area contributed by atoms with Crippen LogP contribution in [0.25, 0.3) is 0 Å². The van der Waals surface area contributed by atoms with E-state index in [4.69, 9.17) is 0 Å². The summed E-state index contributed by atoms with van der Waals surface area (Å²) < 4.78 is 0. The molecule has 2 unspecified atom stereocenters. The first kappa shape index (κ1) is 12.0. The standard InChI is InChI=1S/C13H27N/c1-4-11(2)9-13(10-14-3)12-7-5-6-8-12/h11-14H,4-10H2,1-3H3. The van der Waals surface area contributed by atoms with Crippen molar-refractivity contribution < 1.29 is 0 Å². The lowest BCUT2D eigenvalue weighted by Gasteiger charge is -2.25. The van der Waals surface area contributed by atoms with Crippen molar-refractivity contribution in [2.24, 2.45) is 17.8 Å². The summed E-state index contributed by atoms with van der Waals surface area (Å²) in [7, 11) is 2.10. The van der Waals surface area contributed by atoms with E-state index in [1.165, 1.54) is 45.1 Å². The normalized spacial score (nSPS) is 22.5. The first-order valence-corrected chi connectivity index (χ1v) is 6.42. The molecule has 1 nitrogen and oxygen atoms in total. The van der Waals surface area contributed by atoms with Gasteiger partial charge >= 0.3 is 0 Å². The molecule has 0 aromatic rings. The minimum atomic E-state index is 0.911. The Morgan fingerprint density at radius 1 is 1.29 bits per heavy atom. The van der Waals surface area contributed by atoms with Crippen LogP contribution in [0.2, 0.25) is 0 Å². The van der Waals surface area contributed by atoms with Gasteiger partial charge in [-0.25, -0.2) is 0 Å². The molecule has 0 aromatic heterocycles. The number of hydrogen-bond donors (Lipinski definition) is 1. The summed E-state index contributed by atoms with van der Waals surface area (Å²) in [5.41, 5.74) is 0. The molecule has 0 bridgehead atoms. The predicted molar refractivity (Wildman–Crippen MR) is 63.4 cm³/mol. The van der Waals surface area contributed by atoms with Gasteiger partial charge < -0.3 is 5.32 Å². The van der Waals surface area contributed by atoms with Gasteiger partial charge in [0.15, 0.2) is 0 Å². The van der Waals surface area contributed by atoms with Gasteiger partial charge in [-0.2, -0.15) is 0 Å². The molecular weight excluding hydrogens is 170 g/mol. The van der Waals surface area contributed by atoms with Gasteiger partial charge in [0, 0.05) is 0 Å². The molecule has 14 heavy (non-hydrogen) atoms. The molecule has 1 saturated carbocycles. The Balaban J connectivity index is 2.36. The van der Waals surface area contributed by atoms with Crippen LogP contribution < -0.4 is 5.32 Å². The van der Waals surface area contributed by atoms with Gasteiger partial charge in [-0.15, -0.1) is 0 Å². The highest BCUT2D eigenvalue weighted by atomic mass is 14.8. The fraction of sp³-hybridized carbons (Fsp3) is 1.00. The van der Waals surface area contributed by atoms with Gasteiger partial charge in [0.25, 0.3) is 0 Å². The zero-order valence-electron chi connectivity index (χ0n) is 10.2. The van der Waals surface area contributed by atoms with E-state index >= 15 is 0 Å². The van der Waals surface area contributed by atoms with Crippen molar-refractivity contribution in [3.8, 4) is 0 Å². The van der Waals surface area contributed by atoms with Crippen molar-refractivity contribution in [1.82, 2.24) is 5.32 Å². The van der Waals surface area contributed by atoms with Gasteiger partial charge in [0.1, 0.15) is 0 Å². The maximum atomic E-state index is 3.37. The lowest BCUT2D eigenvalue weighted by molar-refractivity contribution is 0.269. The van der Waals surface area contributed by atoms with Crippen molar-refractivity contribution >= 4 is 0 Å². The Morgan fingerprint density at radius 2 is 1.93 bits per heavy atom. The molecule has 0 saturated heterocycles. The third-order valence-corrected chi connectivity index (χ3v) is 3.93. The smallest absolute Gasteiger partial charge is 0.00208 e. The largest absolute Gasteiger partial charge is 0.319 e. The van der Waals surface area contributed by atoms with Crippen LogP contribution >= 0.6 is 0 Å². The zero-order chi connectivity index (χ0) is 10.4. The number of hydrogen-bond acceptors (Lipinski definition) is 1. The van der Waals surface area contributed by atoms with Gasteiger partial charge in [-0.3, -0.25) is 0 Å². The van der Waals surface area contributed by atoms with Gasteiger partial charge in [0.2, 0.25) is 0 Å². The lowest BCUT2D eigenvalue weighted by Crippen LogP contribution is -2.26. The summed E-state index contributed by atoms with van der Waals surface area (Å²) >= 11 is 0. The van der Waals surface area contributed by atoms with E-state index in [0.29, 0.717) is 0 Å². The van der Waals surface area contributed by atoms with Crippen LogP contribution in [0.5, 0.6) is 0 Å². The maximum Gasteiger partial charge on any atom is -0.00208 e. The molecule has 0 radical (unpaired) electrons. The molecule has 1 aliphatic rings. The second-order valence-corrected chi connectivity index (χ2v) is 5.11. The number of nitrogens with one attached hydrogen (secondary N) is 1. The van der Waals surface area contributed by atoms with E-state index in [2.05, 4.69) is 26.2 Å². The highest BCUT2D eigenvalue weighted by molar-refractivity contribution is 4.77. The van der Waals surface area contributed by atoms with Crippen molar-refractivity contribution in [3.63, 3.8) is 0 Å². The van der Waals surface area contributed by atoms with Crippen molar-refractivity contribution in [2.45, 2.75) is 52.4 Å². The Kier molecular flexibility index (Phi) is 5.54. The van der Waals surface area contributed by atoms with Gasteiger partial charge in [0.05, 0.1) is 0 Å². The van der Waals surface area contributed by atoms with Gasteiger partial charge in [-0.05, 0) is 37.8 Å². The SMILES string of the molecule is CCC(C)CC(CNC)C1CCCC1. The van der Waals surface area contributed by atoms with E-state index in [-0.39, 0.29) is 0 Å². The maximum absolute atomic E-state index is 3.37. The topological polar surface area (TPSA) is 12.0 Å². The third kappa shape index (κ3) is 3.61. The monoisotopic (exact) mass is 197 g/mol.